The average molecular weight is 523 g/mol. The summed E-state index contributed by atoms with van der Waals surface area (Å²) in [6.45, 7) is 5.01. The number of carbonyl (C=O) groups is 1. The van der Waals surface area contributed by atoms with E-state index in [0.717, 1.165) is 25.5 Å². The molecular formula is C22H18BrF3N4OS. The van der Waals surface area contributed by atoms with Crippen molar-refractivity contribution in [2.24, 2.45) is 0 Å². The minimum absolute atomic E-state index is 0.167. The molecule has 0 bridgehead atoms. The van der Waals surface area contributed by atoms with Crippen molar-refractivity contribution < 1.29 is 18.0 Å². The number of rotatable bonds is 4. The first-order valence-corrected chi connectivity index (χ1v) is 11.3. The van der Waals surface area contributed by atoms with Crippen LogP contribution in [0, 0.1) is 13.8 Å². The van der Waals surface area contributed by atoms with Gasteiger partial charge < -0.3 is 5.32 Å². The van der Waals surface area contributed by atoms with Crippen molar-refractivity contribution in [3.63, 3.8) is 0 Å². The summed E-state index contributed by atoms with van der Waals surface area (Å²) in [6.07, 6.45) is -4.61. The van der Waals surface area contributed by atoms with Gasteiger partial charge in [-0.2, -0.15) is 18.3 Å². The molecule has 0 aliphatic carbocycles. The van der Waals surface area contributed by atoms with Crippen molar-refractivity contribution in [1.82, 2.24) is 14.8 Å². The fraction of sp³-hybridized carbons (Fsp3) is 0.227. The Morgan fingerprint density at radius 1 is 1.16 bits per heavy atom. The van der Waals surface area contributed by atoms with E-state index < -0.39 is 23.8 Å². The van der Waals surface area contributed by atoms with E-state index in [-0.39, 0.29) is 10.2 Å². The Bertz CT molecular complexity index is 1310. The van der Waals surface area contributed by atoms with Crippen LogP contribution in [-0.2, 0) is 11.0 Å². The molecule has 0 saturated carbocycles. The molecule has 4 aromatic rings. The molecule has 32 heavy (non-hydrogen) atoms. The van der Waals surface area contributed by atoms with Crippen molar-refractivity contribution >= 4 is 49.1 Å². The van der Waals surface area contributed by atoms with Crippen LogP contribution >= 0.6 is 27.3 Å². The van der Waals surface area contributed by atoms with Crippen molar-refractivity contribution in [3.05, 3.63) is 63.9 Å². The second-order valence-electron chi connectivity index (χ2n) is 7.42. The van der Waals surface area contributed by atoms with Gasteiger partial charge in [0.2, 0.25) is 5.91 Å². The number of fused-ring (bicyclic) bond motifs is 1. The lowest BCUT2D eigenvalue weighted by atomic mass is 10.2. The van der Waals surface area contributed by atoms with E-state index in [2.05, 4.69) is 37.4 Å². The molecule has 1 amide bonds. The lowest BCUT2D eigenvalue weighted by Crippen LogP contribution is -2.25. The van der Waals surface area contributed by atoms with Crippen LogP contribution in [0.4, 0.5) is 18.9 Å². The Balaban J connectivity index is 1.51. The zero-order valence-electron chi connectivity index (χ0n) is 17.3. The zero-order chi connectivity index (χ0) is 23.2. The normalized spacial score (nSPS) is 12.8. The van der Waals surface area contributed by atoms with E-state index in [0.29, 0.717) is 5.69 Å². The smallest absolute Gasteiger partial charge is 0.324 e. The molecule has 1 unspecified atom stereocenters. The third-order valence-corrected chi connectivity index (χ3v) is 7.05. The Kier molecular flexibility index (Phi) is 5.85. The van der Waals surface area contributed by atoms with Gasteiger partial charge in [-0.15, -0.1) is 11.3 Å². The predicted octanol–water partition coefficient (Wildman–Crippen LogP) is 6.76. The van der Waals surface area contributed by atoms with Crippen LogP contribution in [0.15, 0.2) is 46.9 Å². The maximum absolute atomic E-state index is 13.1. The van der Waals surface area contributed by atoms with Gasteiger partial charge >= 0.3 is 6.18 Å². The Morgan fingerprint density at radius 2 is 1.84 bits per heavy atom. The number of hydrogen-bond donors (Lipinski definition) is 1. The van der Waals surface area contributed by atoms with Crippen LogP contribution in [0.5, 0.6) is 0 Å². The van der Waals surface area contributed by atoms with E-state index >= 15 is 0 Å². The fourth-order valence-corrected chi connectivity index (χ4v) is 4.82. The van der Waals surface area contributed by atoms with Gasteiger partial charge in [0.25, 0.3) is 0 Å². The van der Waals surface area contributed by atoms with Gasteiger partial charge in [-0.05, 0) is 78.7 Å². The molecule has 0 spiro atoms. The van der Waals surface area contributed by atoms with Crippen molar-refractivity contribution in [1.29, 1.82) is 0 Å². The molecule has 1 atom stereocenters. The third kappa shape index (κ3) is 4.29. The largest absolute Gasteiger partial charge is 0.436 e. The quantitative estimate of drug-likeness (QED) is 0.322. The highest BCUT2D eigenvalue weighted by molar-refractivity contribution is 9.10. The molecule has 2 aromatic heterocycles. The monoisotopic (exact) mass is 522 g/mol. The van der Waals surface area contributed by atoms with Gasteiger partial charge in [-0.1, -0.05) is 6.07 Å². The van der Waals surface area contributed by atoms with Gasteiger partial charge in [-0.3, -0.25) is 9.48 Å². The number of thiazole rings is 1. The van der Waals surface area contributed by atoms with Crippen LogP contribution in [0.2, 0.25) is 0 Å². The zero-order valence-corrected chi connectivity index (χ0v) is 19.7. The first-order chi connectivity index (χ1) is 15.0. The summed E-state index contributed by atoms with van der Waals surface area (Å²) in [6, 6.07) is 12.3. The number of carbonyl (C=O) groups excluding carboxylic acids is 1. The number of nitrogens with zero attached hydrogens (tertiary/aromatic N) is 3. The first kappa shape index (κ1) is 22.5. The highest BCUT2D eigenvalue weighted by atomic mass is 79.9. The van der Waals surface area contributed by atoms with Gasteiger partial charge in [0.1, 0.15) is 11.0 Å². The van der Waals surface area contributed by atoms with Gasteiger partial charge in [0.15, 0.2) is 5.69 Å². The molecule has 2 heterocycles. The maximum Gasteiger partial charge on any atom is 0.436 e. The van der Waals surface area contributed by atoms with Crippen LogP contribution in [0.25, 0.3) is 20.8 Å². The van der Waals surface area contributed by atoms with Crippen molar-refractivity contribution in [2.45, 2.75) is 33.0 Å². The number of halogens is 4. The van der Waals surface area contributed by atoms with E-state index in [9.17, 15) is 18.0 Å². The number of aromatic nitrogens is 3. The molecule has 5 nitrogen and oxygen atoms in total. The standard InChI is InChI=1S/C22H18BrF3N4OS/c1-11-4-9-16-17(10-11)32-21(28-16)14-5-7-15(8-6-14)27-20(31)13(3)30-12(2)18(23)19(29-30)22(24,25)26/h4-10,13H,1-3H3,(H,27,31). The third-order valence-electron chi connectivity index (χ3n) is 5.04. The molecule has 0 aliphatic rings. The minimum Gasteiger partial charge on any atom is -0.324 e. The molecule has 2 aromatic carbocycles. The number of anilines is 1. The van der Waals surface area contributed by atoms with Gasteiger partial charge in [-0.25, -0.2) is 4.98 Å². The lowest BCUT2D eigenvalue weighted by Gasteiger charge is -2.15. The summed E-state index contributed by atoms with van der Waals surface area (Å²) in [4.78, 5) is 17.3. The van der Waals surface area contributed by atoms with Gasteiger partial charge in [0.05, 0.1) is 20.4 Å². The molecule has 0 radical (unpaired) electrons. The van der Waals surface area contributed by atoms with Crippen molar-refractivity contribution in [3.8, 4) is 10.6 Å². The van der Waals surface area contributed by atoms with Crippen LogP contribution in [-0.4, -0.2) is 20.7 Å². The van der Waals surface area contributed by atoms with Gasteiger partial charge in [0, 0.05) is 11.3 Å². The summed E-state index contributed by atoms with van der Waals surface area (Å²) >= 11 is 4.52. The Hall–Kier alpha value is -2.72. The summed E-state index contributed by atoms with van der Waals surface area (Å²) in [7, 11) is 0. The van der Waals surface area contributed by atoms with E-state index in [1.807, 2.05) is 31.2 Å². The summed E-state index contributed by atoms with van der Waals surface area (Å²) in [5.74, 6) is -0.472. The minimum atomic E-state index is -4.61. The summed E-state index contributed by atoms with van der Waals surface area (Å²) in [5, 5.41) is 7.20. The van der Waals surface area contributed by atoms with E-state index in [1.54, 1.807) is 23.5 Å². The predicted molar refractivity (Wildman–Crippen MR) is 123 cm³/mol. The van der Waals surface area contributed by atoms with Crippen LogP contribution < -0.4 is 5.32 Å². The molecule has 1 N–H and O–H groups in total. The summed E-state index contributed by atoms with van der Waals surface area (Å²) < 4.78 is 41.3. The number of nitrogens with one attached hydrogen (secondary N) is 1. The topological polar surface area (TPSA) is 59.8 Å². The maximum atomic E-state index is 13.1. The Morgan fingerprint density at radius 3 is 2.47 bits per heavy atom. The fourth-order valence-electron chi connectivity index (χ4n) is 3.27. The number of amides is 1. The molecular weight excluding hydrogens is 505 g/mol. The van der Waals surface area contributed by atoms with E-state index in [1.165, 1.54) is 19.4 Å². The average Bonchev–Trinajstić information content (AvgIpc) is 3.28. The second-order valence-corrected chi connectivity index (χ2v) is 9.25. The SMILES string of the molecule is Cc1ccc2nc(-c3ccc(NC(=O)C(C)n4nc(C(F)(F)F)c(Br)c4C)cc3)sc2c1. The number of aryl methyl sites for hydroxylation is 1. The van der Waals surface area contributed by atoms with Crippen LogP contribution in [0.1, 0.15) is 29.9 Å². The van der Waals surface area contributed by atoms with E-state index in [4.69, 9.17) is 0 Å². The molecule has 0 aliphatic heterocycles. The molecule has 0 saturated heterocycles. The molecule has 166 valence electrons. The number of hydrogen-bond acceptors (Lipinski definition) is 4. The summed E-state index contributed by atoms with van der Waals surface area (Å²) in [5.41, 5.74) is 2.72. The lowest BCUT2D eigenvalue weighted by molar-refractivity contribution is -0.142. The van der Waals surface area contributed by atoms with Crippen molar-refractivity contribution in [2.75, 3.05) is 5.32 Å². The highest BCUT2D eigenvalue weighted by Crippen LogP contribution is 2.36. The Labute approximate surface area is 194 Å². The van der Waals surface area contributed by atoms with Crippen LogP contribution in [0.3, 0.4) is 0 Å². The molecule has 0 fully saturated rings. The number of alkyl halides is 3. The highest BCUT2D eigenvalue weighted by Gasteiger charge is 2.39. The molecule has 10 heteroatoms. The second kappa shape index (κ2) is 8.32. The molecule has 4 rings (SSSR count). The first-order valence-electron chi connectivity index (χ1n) is 9.65. The number of benzene rings is 2.